The molecule has 0 unspecified atom stereocenters. The molecule has 6 heteroatoms. The first-order valence-electron chi connectivity index (χ1n) is 5.81. The molecule has 1 aromatic carbocycles. The zero-order valence-electron chi connectivity index (χ0n) is 10.5. The highest BCUT2D eigenvalue weighted by Gasteiger charge is 2.28. The van der Waals surface area contributed by atoms with Gasteiger partial charge in [-0.3, -0.25) is 4.31 Å². The SMILES string of the molecule is COc1ccc(OC)c(N2CCCCS2(=O)=O)c1. The molecule has 1 fully saturated rings. The molecule has 0 atom stereocenters. The van der Waals surface area contributed by atoms with Gasteiger partial charge in [-0.25, -0.2) is 8.42 Å². The molecule has 0 spiro atoms. The number of sulfonamides is 1. The molecular weight excluding hydrogens is 254 g/mol. The Bertz CT molecular complexity index is 527. The van der Waals surface area contributed by atoms with Gasteiger partial charge in [0.1, 0.15) is 11.5 Å². The summed E-state index contributed by atoms with van der Waals surface area (Å²) in [5.74, 6) is 1.35. The van der Waals surface area contributed by atoms with Gasteiger partial charge in [0.15, 0.2) is 0 Å². The topological polar surface area (TPSA) is 55.8 Å². The molecule has 0 bridgehead atoms. The summed E-state index contributed by atoms with van der Waals surface area (Å²) in [6.45, 7) is 0.492. The average molecular weight is 271 g/mol. The van der Waals surface area contributed by atoms with Crippen LogP contribution in [0.3, 0.4) is 0 Å². The van der Waals surface area contributed by atoms with Gasteiger partial charge >= 0.3 is 0 Å². The molecule has 1 aliphatic rings. The Morgan fingerprint density at radius 1 is 1.17 bits per heavy atom. The molecule has 1 heterocycles. The molecule has 1 aliphatic heterocycles. The quantitative estimate of drug-likeness (QED) is 0.838. The summed E-state index contributed by atoms with van der Waals surface area (Å²) in [5.41, 5.74) is 0.552. The van der Waals surface area contributed by atoms with E-state index in [9.17, 15) is 8.42 Å². The van der Waals surface area contributed by atoms with E-state index < -0.39 is 10.0 Å². The van der Waals surface area contributed by atoms with Crippen molar-refractivity contribution in [1.29, 1.82) is 0 Å². The minimum atomic E-state index is -3.24. The van der Waals surface area contributed by atoms with E-state index in [2.05, 4.69) is 0 Å². The van der Waals surface area contributed by atoms with Crippen LogP contribution in [0.4, 0.5) is 5.69 Å². The number of anilines is 1. The van der Waals surface area contributed by atoms with Crippen LogP contribution in [0.2, 0.25) is 0 Å². The zero-order chi connectivity index (χ0) is 13.2. The van der Waals surface area contributed by atoms with Crippen molar-refractivity contribution in [1.82, 2.24) is 0 Å². The minimum Gasteiger partial charge on any atom is -0.497 e. The Hall–Kier alpha value is -1.43. The highest BCUT2D eigenvalue weighted by Crippen LogP contribution is 2.35. The van der Waals surface area contributed by atoms with Gasteiger partial charge in [0.2, 0.25) is 10.0 Å². The number of benzene rings is 1. The van der Waals surface area contributed by atoms with Crippen LogP contribution < -0.4 is 13.8 Å². The van der Waals surface area contributed by atoms with Gasteiger partial charge in [-0.15, -0.1) is 0 Å². The van der Waals surface area contributed by atoms with Crippen LogP contribution >= 0.6 is 0 Å². The van der Waals surface area contributed by atoms with Crippen LogP contribution in [0.15, 0.2) is 18.2 Å². The molecule has 0 aliphatic carbocycles. The molecule has 2 rings (SSSR count). The number of methoxy groups -OCH3 is 2. The van der Waals surface area contributed by atoms with E-state index in [1.165, 1.54) is 11.4 Å². The van der Waals surface area contributed by atoms with E-state index in [0.717, 1.165) is 6.42 Å². The number of ether oxygens (including phenoxy) is 2. The fourth-order valence-electron chi connectivity index (χ4n) is 2.05. The standard InChI is InChI=1S/C12H17NO4S/c1-16-10-5-6-12(17-2)11(9-10)13-7-3-4-8-18(13,14)15/h5-6,9H,3-4,7-8H2,1-2H3. The Balaban J connectivity index is 2.47. The summed E-state index contributed by atoms with van der Waals surface area (Å²) in [5, 5.41) is 0. The number of hydrogen-bond donors (Lipinski definition) is 0. The van der Waals surface area contributed by atoms with Gasteiger partial charge in [0, 0.05) is 12.6 Å². The first kappa shape index (κ1) is 13.0. The second kappa shape index (κ2) is 5.06. The number of hydrogen-bond acceptors (Lipinski definition) is 4. The van der Waals surface area contributed by atoms with Crippen LogP contribution in [0.1, 0.15) is 12.8 Å². The van der Waals surface area contributed by atoms with E-state index in [-0.39, 0.29) is 5.75 Å². The minimum absolute atomic E-state index is 0.188. The van der Waals surface area contributed by atoms with E-state index >= 15 is 0 Å². The van der Waals surface area contributed by atoms with Gasteiger partial charge in [0.25, 0.3) is 0 Å². The smallest absolute Gasteiger partial charge is 0.235 e. The fraction of sp³-hybridized carbons (Fsp3) is 0.500. The van der Waals surface area contributed by atoms with Crippen molar-refractivity contribution in [3.8, 4) is 11.5 Å². The van der Waals surface area contributed by atoms with E-state index in [4.69, 9.17) is 9.47 Å². The third-order valence-electron chi connectivity index (χ3n) is 3.00. The second-order valence-electron chi connectivity index (χ2n) is 4.13. The van der Waals surface area contributed by atoms with Crippen LogP contribution in [0.25, 0.3) is 0 Å². The summed E-state index contributed by atoms with van der Waals surface area (Å²) in [6.07, 6.45) is 1.57. The van der Waals surface area contributed by atoms with Gasteiger partial charge < -0.3 is 9.47 Å². The van der Waals surface area contributed by atoms with Crippen molar-refractivity contribution >= 4 is 15.7 Å². The third-order valence-corrected chi connectivity index (χ3v) is 4.86. The van der Waals surface area contributed by atoms with E-state index in [1.807, 2.05) is 0 Å². The van der Waals surface area contributed by atoms with Crippen LogP contribution in [-0.4, -0.2) is 34.9 Å². The summed E-state index contributed by atoms with van der Waals surface area (Å²) in [7, 11) is -0.155. The van der Waals surface area contributed by atoms with Crippen molar-refractivity contribution in [2.75, 3.05) is 30.8 Å². The Morgan fingerprint density at radius 3 is 2.56 bits per heavy atom. The maximum absolute atomic E-state index is 12.1. The van der Waals surface area contributed by atoms with Crippen molar-refractivity contribution in [2.24, 2.45) is 0 Å². The normalized spacial score (nSPS) is 18.4. The predicted molar refractivity (Wildman–Crippen MR) is 69.9 cm³/mol. The van der Waals surface area contributed by atoms with Crippen LogP contribution in [0.5, 0.6) is 11.5 Å². The molecule has 5 nitrogen and oxygen atoms in total. The summed E-state index contributed by atoms with van der Waals surface area (Å²) >= 11 is 0. The van der Waals surface area contributed by atoms with E-state index in [1.54, 1.807) is 25.3 Å². The highest BCUT2D eigenvalue weighted by molar-refractivity contribution is 7.92. The van der Waals surface area contributed by atoms with Gasteiger partial charge in [0.05, 0.1) is 25.7 Å². The summed E-state index contributed by atoms with van der Waals surface area (Å²) in [4.78, 5) is 0. The average Bonchev–Trinajstić information content (AvgIpc) is 2.37. The lowest BCUT2D eigenvalue weighted by atomic mass is 10.2. The highest BCUT2D eigenvalue weighted by atomic mass is 32.2. The zero-order valence-corrected chi connectivity index (χ0v) is 11.4. The number of rotatable bonds is 3. The fourth-order valence-corrected chi connectivity index (χ4v) is 3.69. The molecule has 0 amide bonds. The van der Waals surface area contributed by atoms with Crippen molar-refractivity contribution in [3.63, 3.8) is 0 Å². The maximum Gasteiger partial charge on any atom is 0.235 e. The maximum atomic E-state index is 12.1. The second-order valence-corrected chi connectivity index (χ2v) is 6.15. The molecule has 18 heavy (non-hydrogen) atoms. The molecule has 100 valence electrons. The molecule has 0 N–H and O–H groups in total. The molecule has 1 saturated heterocycles. The molecule has 0 aromatic heterocycles. The van der Waals surface area contributed by atoms with Crippen molar-refractivity contribution in [3.05, 3.63) is 18.2 Å². The first-order valence-corrected chi connectivity index (χ1v) is 7.42. The van der Waals surface area contributed by atoms with Crippen molar-refractivity contribution < 1.29 is 17.9 Å². The lowest BCUT2D eigenvalue weighted by Crippen LogP contribution is -2.38. The predicted octanol–water partition coefficient (Wildman–Crippen LogP) is 1.63. The summed E-state index contributed by atoms with van der Waals surface area (Å²) in [6, 6.07) is 5.17. The van der Waals surface area contributed by atoms with Gasteiger partial charge in [-0.2, -0.15) is 0 Å². The van der Waals surface area contributed by atoms with Crippen molar-refractivity contribution in [2.45, 2.75) is 12.8 Å². The first-order chi connectivity index (χ1) is 8.58. The number of nitrogens with zero attached hydrogens (tertiary/aromatic N) is 1. The molecular formula is C12H17NO4S. The van der Waals surface area contributed by atoms with Gasteiger partial charge in [-0.05, 0) is 25.0 Å². The van der Waals surface area contributed by atoms with Crippen LogP contribution in [-0.2, 0) is 10.0 Å². The Morgan fingerprint density at radius 2 is 1.94 bits per heavy atom. The Kier molecular flexibility index (Phi) is 3.65. The third kappa shape index (κ3) is 2.38. The monoisotopic (exact) mass is 271 g/mol. The summed E-state index contributed by atoms with van der Waals surface area (Å²) < 4.78 is 35.9. The molecule has 0 radical (unpaired) electrons. The van der Waals surface area contributed by atoms with Gasteiger partial charge in [-0.1, -0.05) is 0 Å². The molecule has 0 saturated carbocycles. The molecule has 1 aromatic rings. The largest absolute Gasteiger partial charge is 0.497 e. The lowest BCUT2D eigenvalue weighted by Gasteiger charge is -2.29. The Labute approximate surface area is 107 Å². The van der Waals surface area contributed by atoms with E-state index in [0.29, 0.717) is 30.2 Å². The van der Waals surface area contributed by atoms with Crippen LogP contribution in [0, 0.1) is 0 Å². The lowest BCUT2D eigenvalue weighted by molar-refractivity contribution is 0.403.